The molecular weight excluding hydrogens is 393 g/mol. The maximum absolute atomic E-state index is 13.5. The maximum atomic E-state index is 13.5. The Morgan fingerprint density at radius 3 is 2.74 bits per heavy atom. The fourth-order valence-corrected chi connectivity index (χ4v) is 4.66. The van der Waals surface area contributed by atoms with Gasteiger partial charge >= 0.3 is 0 Å². The van der Waals surface area contributed by atoms with Crippen molar-refractivity contribution in [2.45, 2.75) is 19.0 Å². The molecule has 2 aliphatic heterocycles. The molecule has 0 aliphatic carbocycles. The van der Waals surface area contributed by atoms with Gasteiger partial charge in [-0.05, 0) is 41.8 Å². The molecule has 2 unspecified atom stereocenters. The van der Waals surface area contributed by atoms with E-state index in [-0.39, 0.29) is 23.7 Å². The summed E-state index contributed by atoms with van der Waals surface area (Å²) < 4.78 is 13.5. The molecule has 1 N–H and O–H groups in total. The van der Waals surface area contributed by atoms with Gasteiger partial charge in [0, 0.05) is 44.3 Å². The minimum atomic E-state index is -0.296. The van der Waals surface area contributed by atoms with Gasteiger partial charge in [0.25, 0.3) is 0 Å². The first-order valence-corrected chi connectivity index (χ1v) is 10.6. The smallest absolute Gasteiger partial charge is 0.225 e. The number of benzene rings is 2. The summed E-state index contributed by atoms with van der Waals surface area (Å²) in [4.78, 5) is 26.6. The number of aromatic nitrogens is 2. The molecule has 1 saturated heterocycles. The third-order valence-corrected chi connectivity index (χ3v) is 6.15. The minimum absolute atomic E-state index is 0.00963. The van der Waals surface area contributed by atoms with E-state index in [4.69, 9.17) is 0 Å². The average Bonchev–Trinajstić information content (AvgIpc) is 2.82. The van der Waals surface area contributed by atoms with E-state index in [9.17, 15) is 9.18 Å². The highest BCUT2D eigenvalue weighted by atomic mass is 19.1. The lowest BCUT2D eigenvalue weighted by molar-refractivity contribution is -0.126. The first-order valence-electron chi connectivity index (χ1n) is 10.6. The molecule has 158 valence electrons. The normalized spacial score (nSPS) is 20.0. The first-order chi connectivity index (χ1) is 15.2. The number of carbonyl (C=O) groups is 1. The highest BCUT2D eigenvalue weighted by Gasteiger charge is 2.41. The van der Waals surface area contributed by atoms with E-state index in [2.05, 4.69) is 37.2 Å². The number of para-hydroxylation sites is 1. The molecule has 0 radical (unpaired) electrons. The average molecular weight is 417 g/mol. The molecule has 0 bridgehead atoms. The van der Waals surface area contributed by atoms with Crippen LogP contribution in [0.25, 0.3) is 0 Å². The van der Waals surface area contributed by atoms with E-state index < -0.39 is 0 Å². The lowest BCUT2D eigenvalue weighted by Crippen LogP contribution is -2.61. The molecule has 1 aromatic heterocycles. The number of nitrogens with zero attached hydrogens (tertiary/aromatic N) is 4. The topological polar surface area (TPSA) is 61.4 Å². The van der Waals surface area contributed by atoms with Crippen molar-refractivity contribution >= 4 is 17.5 Å². The van der Waals surface area contributed by atoms with Crippen molar-refractivity contribution in [3.63, 3.8) is 0 Å². The summed E-state index contributed by atoms with van der Waals surface area (Å²) in [5, 5.41) is 3.03. The molecule has 6 nitrogen and oxygen atoms in total. The second-order valence-corrected chi connectivity index (χ2v) is 8.04. The number of anilines is 2. The van der Waals surface area contributed by atoms with Crippen LogP contribution in [0.4, 0.5) is 16.0 Å². The van der Waals surface area contributed by atoms with E-state index >= 15 is 0 Å². The number of fused-ring (bicyclic) bond motifs is 3. The van der Waals surface area contributed by atoms with Gasteiger partial charge in [0.05, 0.1) is 12.0 Å². The van der Waals surface area contributed by atoms with Gasteiger partial charge in [-0.1, -0.05) is 30.3 Å². The van der Waals surface area contributed by atoms with E-state index in [1.807, 2.05) is 18.2 Å². The molecule has 1 fully saturated rings. The highest BCUT2D eigenvalue weighted by molar-refractivity contribution is 5.82. The summed E-state index contributed by atoms with van der Waals surface area (Å²) in [6.07, 6.45) is 4.16. The molecule has 1 amide bonds. The van der Waals surface area contributed by atoms with Crippen molar-refractivity contribution in [1.29, 1.82) is 0 Å². The Morgan fingerprint density at radius 1 is 1.06 bits per heavy atom. The Morgan fingerprint density at radius 2 is 1.90 bits per heavy atom. The zero-order chi connectivity index (χ0) is 21.2. The van der Waals surface area contributed by atoms with Crippen LogP contribution < -0.4 is 15.1 Å². The predicted octanol–water partition coefficient (Wildman–Crippen LogP) is 2.80. The van der Waals surface area contributed by atoms with Gasteiger partial charge in [0.2, 0.25) is 11.9 Å². The number of halogens is 1. The molecule has 3 heterocycles. The molecule has 2 aliphatic rings. The third kappa shape index (κ3) is 3.95. The molecule has 2 atom stereocenters. The van der Waals surface area contributed by atoms with Gasteiger partial charge in [-0.25, -0.2) is 14.4 Å². The predicted molar refractivity (Wildman–Crippen MR) is 117 cm³/mol. The van der Waals surface area contributed by atoms with E-state index in [0.29, 0.717) is 25.5 Å². The van der Waals surface area contributed by atoms with Crippen molar-refractivity contribution in [2.75, 3.05) is 29.4 Å². The van der Waals surface area contributed by atoms with Gasteiger partial charge in [-0.15, -0.1) is 0 Å². The molecule has 0 saturated carbocycles. The maximum Gasteiger partial charge on any atom is 0.225 e. The zero-order valence-electron chi connectivity index (χ0n) is 17.1. The molecule has 0 spiro atoms. The third-order valence-electron chi connectivity index (χ3n) is 6.15. The van der Waals surface area contributed by atoms with E-state index in [1.54, 1.807) is 24.5 Å². The number of carbonyl (C=O) groups excluding carboxylic acids is 1. The molecule has 7 heteroatoms. The number of rotatable bonds is 4. The SMILES string of the molecule is O=C(NCc1cccc(F)c1)C1Cc2ccccc2N2CCN(c3ncccn3)CC12. The lowest BCUT2D eigenvalue weighted by Gasteiger charge is -2.49. The summed E-state index contributed by atoms with van der Waals surface area (Å²) in [5.41, 5.74) is 3.15. The Balaban J connectivity index is 1.39. The Kier molecular flexibility index (Phi) is 5.24. The van der Waals surface area contributed by atoms with Gasteiger partial charge in [0.15, 0.2) is 0 Å². The number of amides is 1. The van der Waals surface area contributed by atoms with Crippen molar-refractivity contribution in [2.24, 2.45) is 5.92 Å². The Bertz CT molecular complexity index is 1080. The highest BCUT2D eigenvalue weighted by Crippen LogP contribution is 2.36. The van der Waals surface area contributed by atoms with Gasteiger partial charge in [-0.2, -0.15) is 0 Å². The van der Waals surface area contributed by atoms with E-state index in [1.165, 1.54) is 23.4 Å². The van der Waals surface area contributed by atoms with Crippen LogP contribution in [0, 0.1) is 11.7 Å². The van der Waals surface area contributed by atoms with Crippen molar-refractivity contribution in [3.8, 4) is 0 Å². The lowest BCUT2D eigenvalue weighted by atomic mass is 9.83. The first kappa shape index (κ1) is 19.5. The fourth-order valence-electron chi connectivity index (χ4n) is 4.66. The molecule has 5 rings (SSSR count). The largest absolute Gasteiger partial charge is 0.364 e. The van der Waals surface area contributed by atoms with Gasteiger partial charge in [-0.3, -0.25) is 4.79 Å². The second kappa shape index (κ2) is 8.34. The number of hydrogen-bond donors (Lipinski definition) is 1. The summed E-state index contributed by atoms with van der Waals surface area (Å²) in [6.45, 7) is 2.59. The quantitative estimate of drug-likeness (QED) is 0.707. The van der Waals surface area contributed by atoms with Crippen LogP contribution in [0.2, 0.25) is 0 Å². The summed E-state index contributed by atoms with van der Waals surface area (Å²) >= 11 is 0. The minimum Gasteiger partial charge on any atom is -0.364 e. The van der Waals surface area contributed by atoms with Crippen LogP contribution in [0.1, 0.15) is 11.1 Å². The van der Waals surface area contributed by atoms with Crippen LogP contribution in [-0.4, -0.2) is 41.6 Å². The zero-order valence-corrected chi connectivity index (χ0v) is 17.1. The summed E-state index contributed by atoms with van der Waals surface area (Å²) in [7, 11) is 0. The molecule has 2 aromatic carbocycles. The second-order valence-electron chi connectivity index (χ2n) is 8.04. The molecule has 31 heavy (non-hydrogen) atoms. The van der Waals surface area contributed by atoms with Crippen LogP contribution in [-0.2, 0) is 17.8 Å². The van der Waals surface area contributed by atoms with Crippen LogP contribution in [0.5, 0.6) is 0 Å². The van der Waals surface area contributed by atoms with Crippen LogP contribution >= 0.6 is 0 Å². The number of hydrogen-bond acceptors (Lipinski definition) is 5. The molecule has 3 aromatic rings. The summed E-state index contributed by atoms with van der Waals surface area (Å²) in [6, 6.07) is 16.5. The fraction of sp³-hybridized carbons (Fsp3) is 0.292. The summed E-state index contributed by atoms with van der Waals surface area (Å²) in [5.74, 6) is 0.176. The molecular formula is C24H24FN5O. The van der Waals surface area contributed by atoms with Crippen LogP contribution in [0.15, 0.2) is 67.0 Å². The van der Waals surface area contributed by atoms with Crippen molar-refractivity contribution in [1.82, 2.24) is 15.3 Å². The van der Waals surface area contributed by atoms with Gasteiger partial charge < -0.3 is 15.1 Å². The monoisotopic (exact) mass is 417 g/mol. The Hall–Kier alpha value is -3.48. The standard InChI is InChI=1S/C24H24FN5O/c25-19-7-3-5-17(13-19)15-28-23(31)20-14-18-6-1-2-8-21(18)30-12-11-29(16-22(20)30)24-26-9-4-10-27-24/h1-10,13,20,22H,11-12,14-16H2,(H,28,31). The van der Waals surface area contributed by atoms with Crippen LogP contribution in [0.3, 0.4) is 0 Å². The van der Waals surface area contributed by atoms with E-state index in [0.717, 1.165) is 18.7 Å². The Labute approximate surface area is 180 Å². The van der Waals surface area contributed by atoms with Crippen molar-refractivity contribution < 1.29 is 9.18 Å². The number of nitrogens with one attached hydrogen (secondary N) is 1. The number of piperazine rings is 1. The van der Waals surface area contributed by atoms with Gasteiger partial charge in [0.1, 0.15) is 5.82 Å². The van der Waals surface area contributed by atoms with Crippen molar-refractivity contribution in [3.05, 3.63) is 83.9 Å².